The lowest BCUT2D eigenvalue weighted by Crippen LogP contribution is -2.17. The Bertz CT molecular complexity index is 769. The van der Waals surface area contributed by atoms with Crippen LogP contribution in [0.15, 0.2) is 48.5 Å². The van der Waals surface area contributed by atoms with Crippen molar-refractivity contribution in [3.63, 3.8) is 0 Å². The maximum Gasteiger partial charge on any atom is 0.573 e. The molecule has 0 aliphatic carbocycles. The third kappa shape index (κ3) is 6.12. The van der Waals surface area contributed by atoms with Crippen LogP contribution >= 0.6 is 0 Å². The van der Waals surface area contributed by atoms with Gasteiger partial charge in [0.25, 0.3) is 0 Å². The molecule has 2 aromatic carbocycles. The predicted molar refractivity (Wildman–Crippen MR) is 85.2 cm³/mol. The van der Waals surface area contributed by atoms with Gasteiger partial charge in [-0.05, 0) is 43.3 Å². The van der Waals surface area contributed by atoms with E-state index >= 15 is 0 Å². The highest BCUT2D eigenvalue weighted by Crippen LogP contribution is 2.29. The standard InChI is InChI=1S/C18H15F3O5/c1-2-24-17(23)11-16(22)12-6-8-13(9-7-12)25-14-4-3-5-15(10-14)26-18(19,20)21/h3-10H,2,11H2,1H3. The maximum atomic E-state index is 12.2. The molecule has 0 radical (unpaired) electrons. The number of carbonyl (C=O) groups is 2. The number of carbonyl (C=O) groups excluding carboxylic acids is 2. The molecule has 0 amide bonds. The Morgan fingerprint density at radius 2 is 1.62 bits per heavy atom. The molecule has 0 unspecified atom stereocenters. The van der Waals surface area contributed by atoms with E-state index in [1.165, 1.54) is 36.4 Å². The average Bonchev–Trinajstić information content (AvgIpc) is 2.54. The highest BCUT2D eigenvalue weighted by atomic mass is 19.4. The van der Waals surface area contributed by atoms with Crippen molar-refractivity contribution < 1.29 is 37.0 Å². The average molecular weight is 368 g/mol. The Morgan fingerprint density at radius 1 is 0.962 bits per heavy atom. The van der Waals surface area contributed by atoms with Gasteiger partial charge < -0.3 is 14.2 Å². The summed E-state index contributed by atoms with van der Waals surface area (Å²) < 4.78 is 50.7. The van der Waals surface area contributed by atoms with Gasteiger partial charge in [0.05, 0.1) is 6.61 Å². The van der Waals surface area contributed by atoms with E-state index in [0.29, 0.717) is 11.3 Å². The van der Waals surface area contributed by atoms with Crippen LogP contribution in [0, 0.1) is 0 Å². The first kappa shape index (κ1) is 19.3. The van der Waals surface area contributed by atoms with Gasteiger partial charge in [-0.1, -0.05) is 6.07 Å². The SMILES string of the molecule is CCOC(=O)CC(=O)c1ccc(Oc2cccc(OC(F)(F)F)c2)cc1. The lowest BCUT2D eigenvalue weighted by molar-refractivity contribution is -0.274. The smallest absolute Gasteiger partial charge is 0.466 e. The topological polar surface area (TPSA) is 61.8 Å². The van der Waals surface area contributed by atoms with Crippen LogP contribution in [0.25, 0.3) is 0 Å². The zero-order valence-electron chi connectivity index (χ0n) is 13.7. The van der Waals surface area contributed by atoms with Crippen LogP contribution in [0.4, 0.5) is 13.2 Å². The Balaban J connectivity index is 2.02. The van der Waals surface area contributed by atoms with Gasteiger partial charge >= 0.3 is 12.3 Å². The second-order valence-corrected chi connectivity index (χ2v) is 5.05. The summed E-state index contributed by atoms with van der Waals surface area (Å²) in [6, 6.07) is 10.9. The van der Waals surface area contributed by atoms with Gasteiger partial charge in [0.1, 0.15) is 23.7 Å². The minimum Gasteiger partial charge on any atom is -0.466 e. The van der Waals surface area contributed by atoms with Crippen LogP contribution in [-0.4, -0.2) is 24.7 Å². The normalized spacial score (nSPS) is 10.9. The summed E-state index contributed by atoms with van der Waals surface area (Å²) in [5, 5.41) is 0. The Kier molecular flexibility index (Phi) is 6.21. The number of alkyl halides is 3. The third-order valence-corrected chi connectivity index (χ3v) is 3.06. The third-order valence-electron chi connectivity index (χ3n) is 3.06. The fourth-order valence-electron chi connectivity index (χ4n) is 2.02. The molecule has 0 aliphatic rings. The number of ketones is 1. The first-order chi connectivity index (χ1) is 12.3. The van der Waals surface area contributed by atoms with Crippen molar-refractivity contribution in [1.29, 1.82) is 0 Å². The Hall–Kier alpha value is -3.03. The number of Topliss-reactive ketones (excluding diaryl/α,β-unsaturated/α-hetero) is 1. The zero-order chi connectivity index (χ0) is 19.2. The molecule has 26 heavy (non-hydrogen) atoms. The molecular formula is C18H15F3O5. The molecule has 2 rings (SSSR count). The lowest BCUT2D eigenvalue weighted by atomic mass is 10.1. The van der Waals surface area contributed by atoms with E-state index < -0.39 is 23.9 Å². The molecule has 0 atom stereocenters. The first-order valence-corrected chi connectivity index (χ1v) is 7.59. The summed E-state index contributed by atoms with van der Waals surface area (Å²) in [6.45, 7) is 1.83. The van der Waals surface area contributed by atoms with Crippen LogP contribution in [0.2, 0.25) is 0 Å². The quantitative estimate of drug-likeness (QED) is 0.409. The molecular weight excluding hydrogens is 353 g/mol. The summed E-state index contributed by atoms with van der Waals surface area (Å²) in [6.07, 6.45) is -5.16. The van der Waals surface area contributed by atoms with Crippen molar-refractivity contribution in [3.05, 3.63) is 54.1 Å². The highest BCUT2D eigenvalue weighted by molar-refractivity contribution is 6.05. The molecule has 0 saturated carbocycles. The second-order valence-electron chi connectivity index (χ2n) is 5.05. The van der Waals surface area contributed by atoms with Crippen LogP contribution in [-0.2, 0) is 9.53 Å². The van der Waals surface area contributed by atoms with Crippen LogP contribution in [0.5, 0.6) is 17.2 Å². The largest absolute Gasteiger partial charge is 0.573 e. The van der Waals surface area contributed by atoms with E-state index in [-0.39, 0.29) is 18.8 Å². The number of hydrogen-bond donors (Lipinski definition) is 0. The molecule has 0 heterocycles. The minimum absolute atomic E-state index is 0.136. The molecule has 8 heteroatoms. The molecule has 5 nitrogen and oxygen atoms in total. The number of benzene rings is 2. The molecule has 0 aliphatic heterocycles. The van der Waals surface area contributed by atoms with Crippen molar-refractivity contribution in [2.45, 2.75) is 19.7 Å². The number of hydrogen-bond acceptors (Lipinski definition) is 5. The highest BCUT2D eigenvalue weighted by Gasteiger charge is 2.31. The van der Waals surface area contributed by atoms with Gasteiger partial charge in [0.2, 0.25) is 0 Å². The summed E-state index contributed by atoms with van der Waals surface area (Å²) in [7, 11) is 0. The summed E-state index contributed by atoms with van der Waals surface area (Å²) >= 11 is 0. The van der Waals surface area contributed by atoms with Gasteiger partial charge in [-0.2, -0.15) is 0 Å². The van der Waals surface area contributed by atoms with E-state index in [9.17, 15) is 22.8 Å². The van der Waals surface area contributed by atoms with E-state index in [1.807, 2.05) is 0 Å². The van der Waals surface area contributed by atoms with Crippen molar-refractivity contribution in [2.75, 3.05) is 6.61 Å². The zero-order valence-corrected chi connectivity index (χ0v) is 13.7. The maximum absolute atomic E-state index is 12.2. The van der Waals surface area contributed by atoms with Crippen LogP contribution in [0.3, 0.4) is 0 Å². The fourth-order valence-corrected chi connectivity index (χ4v) is 2.02. The number of ether oxygens (including phenoxy) is 3. The van der Waals surface area contributed by atoms with Crippen molar-refractivity contribution in [2.24, 2.45) is 0 Å². The van der Waals surface area contributed by atoms with Crippen LogP contribution < -0.4 is 9.47 Å². The van der Waals surface area contributed by atoms with E-state index in [0.717, 1.165) is 12.1 Å². The molecule has 0 spiro atoms. The monoisotopic (exact) mass is 368 g/mol. The molecule has 0 bridgehead atoms. The lowest BCUT2D eigenvalue weighted by Gasteiger charge is -2.11. The second kappa shape index (κ2) is 8.37. The predicted octanol–water partition coefficient (Wildman–Crippen LogP) is 4.51. The van der Waals surface area contributed by atoms with Crippen LogP contribution in [0.1, 0.15) is 23.7 Å². The van der Waals surface area contributed by atoms with Gasteiger partial charge in [-0.15, -0.1) is 13.2 Å². The molecule has 0 fully saturated rings. The first-order valence-electron chi connectivity index (χ1n) is 7.59. The van der Waals surface area contributed by atoms with Gasteiger partial charge in [-0.3, -0.25) is 9.59 Å². The number of halogens is 3. The molecule has 0 aromatic heterocycles. The van der Waals surface area contributed by atoms with Gasteiger partial charge in [-0.25, -0.2) is 0 Å². The summed E-state index contributed by atoms with van der Waals surface area (Å²) in [4.78, 5) is 23.2. The number of esters is 1. The molecule has 0 saturated heterocycles. The number of rotatable bonds is 7. The van der Waals surface area contributed by atoms with Crippen molar-refractivity contribution in [3.8, 4) is 17.2 Å². The van der Waals surface area contributed by atoms with Crippen molar-refractivity contribution >= 4 is 11.8 Å². The van der Waals surface area contributed by atoms with E-state index in [2.05, 4.69) is 4.74 Å². The molecule has 0 N–H and O–H groups in total. The molecule has 2 aromatic rings. The summed E-state index contributed by atoms with van der Waals surface area (Å²) in [5.74, 6) is -0.981. The van der Waals surface area contributed by atoms with Gasteiger partial charge in [0.15, 0.2) is 5.78 Å². The summed E-state index contributed by atoms with van der Waals surface area (Å²) in [5.41, 5.74) is 0.291. The van der Waals surface area contributed by atoms with E-state index in [4.69, 9.17) is 9.47 Å². The van der Waals surface area contributed by atoms with Gasteiger partial charge in [0, 0.05) is 11.6 Å². The minimum atomic E-state index is -4.79. The van der Waals surface area contributed by atoms with Crippen molar-refractivity contribution in [1.82, 2.24) is 0 Å². The Labute approximate surface area is 147 Å². The Morgan fingerprint density at radius 3 is 2.23 bits per heavy atom. The fraction of sp³-hybridized carbons (Fsp3) is 0.222. The van der Waals surface area contributed by atoms with E-state index in [1.54, 1.807) is 6.92 Å². The molecule has 138 valence electrons.